The van der Waals surface area contributed by atoms with Gasteiger partial charge in [0, 0.05) is 12.3 Å². The molecule has 1 aromatic heterocycles. The van der Waals surface area contributed by atoms with Crippen LogP contribution in [0.2, 0.25) is 0 Å². The molecule has 2 rings (SSSR count). The van der Waals surface area contributed by atoms with Crippen LogP contribution in [0.5, 0.6) is 5.88 Å². The fourth-order valence-corrected chi connectivity index (χ4v) is 2.34. The fraction of sp³-hybridized carbons (Fsp3) is 0.278. The van der Waals surface area contributed by atoms with Crippen LogP contribution in [0.4, 0.5) is 5.69 Å². The Bertz CT molecular complexity index is 854. The first-order chi connectivity index (χ1) is 10.9. The maximum atomic E-state index is 12.3. The van der Waals surface area contributed by atoms with Crippen LogP contribution in [0.15, 0.2) is 34.1 Å². The van der Waals surface area contributed by atoms with Gasteiger partial charge in [-0.15, -0.1) is 0 Å². The van der Waals surface area contributed by atoms with Gasteiger partial charge in [0.05, 0.1) is 11.3 Å². The highest BCUT2D eigenvalue weighted by molar-refractivity contribution is 5.87. The Kier molecular flexibility index (Phi) is 4.65. The molecule has 0 amide bonds. The zero-order chi connectivity index (χ0) is 17.1. The molecule has 5 heteroatoms. The van der Waals surface area contributed by atoms with Crippen molar-refractivity contribution in [2.75, 3.05) is 0 Å². The molecule has 0 radical (unpaired) electrons. The molecule has 118 valence electrons. The average molecular weight is 309 g/mol. The summed E-state index contributed by atoms with van der Waals surface area (Å²) >= 11 is 0. The molecule has 0 saturated heterocycles. The molecule has 0 atom stereocenters. The smallest absolute Gasteiger partial charge is 0.271 e. The molecule has 23 heavy (non-hydrogen) atoms. The van der Waals surface area contributed by atoms with Gasteiger partial charge in [0.15, 0.2) is 0 Å². The van der Waals surface area contributed by atoms with Gasteiger partial charge in [0.25, 0.3) is 5.56 Å². The first-order valence-electron chi connectivity index (χ1n) is 7.35. The quantitative estimate of drug-likeness (QED) is 0.883. The van der Waals surface area contributed by atoms with Crippen molar-refractivity contribution < 1.29 is 5.11 Å². The lowest BCUT2D eigenvalue weighted by molar-refractivity contribution is 0.386. The van der Waals surface area contributed by atoms with Gasteiger partial charge in [0.2, 0.25) is 5.88 Å². The van der Waals surface area contributed by atoms with Crippen LogP contribution in [-0.2, 0) is 0 Å². The number of benzene rings is 1. The molecule has 0 spiro atoms. The van der Waals surface area contributed by atoms with Gasteiger partial charge < -0.3 is 5.11 Å². The van der Waals surface area contributed by atoms with E-state index in [-0.39, 0.29) is 17.5 Å². The highest BCUT2D eigenvalue weighted by Crippen LogP contribution is 2.23. The van der Waals surface area contributed by atoms with Gasteiger partial charge in [-0.25, -0.2) is 0 Å². The summed E-state index contributed by atoms with van der Waals surface area (Å²) in [5.74, 6) is -0.169. The molecule has 0 fully saturated rings. The van der Waals surface area contributed by atoms with E-state index in [2.05, 4.69) is 4.99 Å². The van der Waals surface area contributed by atoms with Crippen molar-refractivity contribution in [2.24, 2.45) is 4.99 Å². The summed E-state index contributed by atoms with van der Waals surface area (Å²) in [5.41, 5.74) is 2.23. The van der Waals surface area contributed by atoms with Crippen molar-refractivity contribution in [1.29, 1.82) is 5.26 Å². The SMILES string of the molecule is Cc1ccc(N=Cc2c(C)c(C#N)c(=O)n(C(C)C)c2O)cc1. The number of aliphatic imine (C=N–C) groups is 1. The topological polar surface area (TPSA) is 78.4 Å². The van der Waals surface area contributed by atoms with E-state index in [4.69, 9.17) is 0 Å². The van der Waals surface area contributed by atoms with Gasteiger partial charge in [-0.05, 0) is 45.4 Å². The third-order valence-electron chi connectivity index (χ3n) is 3.69. The summed E-state index contributed by atoms with van der Waals surface area (Å²) in [6.07, 6.45) is 1.49. The van der Waals surface area contributed by atoms with Crippen molar-refractivity contribution in [1.82, 2.24) is 4.57 Å². The highest BCUT2D eigenvalue weighted by atomic mass is 16.3. The van der Waals surface area contributed by atoms with Crippen molar-refractivity contribution >= 4 is 11.9 Å². The molecule has 1 N–H and O–H groups in total. The average Bonchev–Trinajstić information content (AvgIpc) is 2.49. The number of rotatable bonds is 3. The zero-order valence-electron chi connectivity index (χ0n) is 13.7. The van der Waals surface area contributed by atoms with Crippen LogP contribution >= 0.6 is 0 Å². The standard InChI is InChI=1S/C18H19N3O2/c1-11(2)21-17(22)15(9-19)13(4)16(18(21)23)10-20-14-7-5-12(3)6-8-14/h5-8,10-11,23H,1-4H3. The van der Waals surface area contributed by atoms with E-state index in [0.29, 0.717) is 11.1 Å². The molecule has 0 unspecified atom stereocenters. The second kappa shape index (κ2) is 6.49. The number of hydrogen-bond donors (Lipinski definition) is 1. The van der Waals surface area contributed by atoms with Crippen LogP contribution in [0, 0.1) is 25.2 Å². The minimum Gasteiger partial charge on any atom is -0.494 e. The Labute approximate surface area is 135 Å². The van der Waals surface area contributed by atoms with E-state index in [1.807, 2.05) is 37.3 Å². The predicted molar refractivity (Wildman–Crippen MR) is 90.6 cm³/mol. The number of aromatic hydroxyl groups is 1. The summed E-state index contributed by atoms with van der Waals surface area (Å²) in [6.45, 7) is 7.18. The van der Waals surface area contributed by atoms with Crippen LogP contribution in [0.3, 0.4) is 0 Å². The van der Waals surface area contributed by atoms with Gasteiger partial charge in [-0.1, -0.05) is 17.7 Å². The van der Waals surface area contributed by atoms with Gasteiger partial charge in [-0.3, -0.25) is 14.4 Å². The van der Waals surface area contributed by atoms with Crippen molar-refractivity contribution in [3.63, 3.8) is 0 Å². The van der Waals surface area contributed by atoms with Crippen LogP contribution in [0.25, 0.3) is 0 Å². The Morgan fingerprint density at radius 2 is 1.87 bits per heavy atom. The number of aromatic nitrogens is 1. The van der Waals surface area contributed by atoms with Gasteiger partial charge in [-0.2, -0.15) is 5.26 Å². The summed E-state index contributed by atoms with van der Waals surface area (Å²) in [6, 6.07) is 9.27. The van der Waals surface area contributed by atoms with Gasteiger partial charge in [0.1, 0.15) is 11.6 Å². The normalized spacial score (nSPS) is 11.1. The zero-order valence-corrected chi connectivity index (χ0v) is 13.7. The minimum absolute atomic E-state index is 0.0295. The third-order valence-corrected chi connectivity index (χ3v) is 3.69. The van der Waals surface area contributed by atoms with E-state index < -0.39 is 5.56 Å². The molecular formula is C18H19N3O2. The Morgan fingerprint density at radius 3 is 2.39 bits per heavy atom. The summed E-state index contributed by atoms with van der Waals surface area (Å²) in [5, 5.41) is 19.7. The molecule has 5 nitrogen and oxygen atoms in total. The second-order valence-corrected chi connectivity index (χ2v) is 5.71. The molecule has 2 aromatic rings. The molecule has 0 aliphatic carbocycles. The maximum absolute atomic E-state index is 12.3. The van der Waals surface area contributed by atoms with Crippen molar-refractivity contribution in [3.8, 4) is 11.9 Å². The largest absolute Gasteiger partial charge is 0.494 e. The molecule has 1 heterocycles. The van der Waals surface area contributed by atoms with E-state index >= 15 is 0 Å². The minimum atomic E-state index is -0.481. The third kappa shape index (κ3) is 3.16. The number of nitrogens with zero attached hydrogens (tertiary/aromatic N) is 3. The van der Waals surface area contributed by atoms with E-state index in [9.17, 15) is 15.2 Å². The van der Waals surface area contributed by atoms with Crippen molar-refractivity contribution in [2.45, 2.75) is 33.7 Å². The van der Waals surface area contributed by atoms with Gasteiger partial charge >= 0.3 is 0 Å². The molecule has 0 aliphatic heterocycles. The van der Waals surface area contributed by atoms with Crippen molar-refractivity contribution in [3.05, 3.63) is 56.9 Å². The first-order valence-corrected chi connectivity index (χ1v) is 7.35. The lowest BCUT2D eigenvalue weighted by Gasteiger charge is -2.16. The summed E-state index contributed by atoms with van der Waals surface area (Å²) < 4.78 is 1.21. The summed E-state index contributed by atoms with van der Waals surface area (Å²) in [7, 11) is 0. The number of nitriles is 1. The molecule has 0 bridgehead atoms. The fourth-order valence-electron chi connectivity index (χ4n) is 2.34. The van der Waals surface area contributed by atoms with Crippen LogP contribution in [0.1, 0.15) is 42.1 Å². The molecule has 1 aromatic carbocycles. The summed E-state index contributed by atoms with van der Waals surface area (Å²) in [4.78, 5) is 16.6. The van der Waals surface area contributed by atoms with Crippen LogP contribution in [-0.4, -0.2) is 15.9 Å². The first kappa shape index (κ1) is 16.5. The Morgan fingerprint density at radius 1 is 1.26 bits per heavy atom. The number of aryl methyl sites for hydroxylation is 1. The Hall–Kier alpha value is -2.87. The number of pyridine rings is 1. The molecular weight excluding hydrogens is 290 g/mol. The Balaban J connectivity index is 2.62. The highest BCUT2D eigenvalue weighted by Gasteiger charge is 2.19. The van der Waals surface area contributed by atoms with E-state index in [1.54, 1.807) is 20.8 Å². The van der Waals surface area contributed by atoms with E-state index in [1.165, 1.54) is 10.8 Å². The van der Waals surface area contributed by atoms with Crippen LogP contribution < -0.4 is 5.56 Å². The maximum Gasteiger partial charge on any atom is 0.271 e. The van der Waals surface area contributed by atoms with E-state index in [0.717, 1.165) is 11.3 Å². The lowest BCUT2D eigenvalue weighted by atomic mass is 10.1. The lowest BCUT2D eigenvalue weighted by Crippen LogP contribution is -2.26. The molecule has 0 saturated carbocycles. The molecule has 0 aliphatic rings. The second-order valence-electron chi connectivity index (χ2n) is 5.71. The predicted octanol–water partition coefficient (Wildman–Crippen LogP) is 3.37. The number of hydrogen-bond acceptors (Lipinski definition) is 4. The monoisotopic (exact) mass is 309 g/mol.